The number of hydrogen-bond acceptors (Lipinski definition) is 4. The van der Waals surface area contributed by atoms with Crippen molar-refractivity contribution in [1.82, 2.24) is 4.98 Å². The molecule has 1 atom stereocenters. The number of nitrogens with zero attached hydrogens (tertiary/aromatic N) is 2. The van der Waals surface area contributed by atoms with E-state index < -0.39 is 24.3 Å². The Labute approximate surface area is 138 Å². The van der Waals surface area contributed by atoms with Crippen LogP contribution < -0.4 is 0 Å². The van der Waals surface area contributed by atoms with Crippen LogP contribution in [0.25, 0.3) is 11.1 Å². The molecule has 2 aromatic rings. The van der Waals surface area contributed by atoms with Crippen LogP contribution in [-0.4, -0.2) is 27.8 Å². The molecule has 3 rings (SSSR count). The molecule has 0 bridgehead atoms. The molecular weight excluding hydrogens is 352 g/mol. The van der Waals surface area contributed by atoms with Crippen LogP contribution in [0.3, 0.4) is 0 Å². The maximum atomic E-state index is 13.3. The van der Waals surface area contributed by atoms with Gasteiger partial charge in [0, 0.05) is 6.07 Å². The molecule has 0 fully saturated rings. The lowest BCUT2D eigenvalue weighted by Crippen LogP contribution is -2.45. The van der Waals surface area contributed by atoms with E-state index >= 15 is 0 Å². The highest BCUT2D eigenvalue weighted by molar-refractivity contribution is 6.29. The van der Waals surface area contributed by atoms with Gasteiger partial charge >= 0.3 is 12.0 Å². The van der Waals surface area contributed by atoms with Crippen LogP contribution in [0.15, 0.2) is 41.6 Å². The largest absolute Gasteiger partial charge is 0.458 e. The van der Waals surface area contributed by atoms with Gasteiger partial charge in [-0.2, -0.15) is 17.6 Å². The van der Waals surface area contributed by atoms with Crippen molar-refractivity contribution in [1.29, 1.82) is 0 Å². The number of halogens is 5. The molecule has 24 heavy (non-hydrogen) atoms. The van der Waals surface area contributed by atoms with Crippen molar-refractivity contribution in [3.63, 3.8) is 0 Å². The van der Waals surface area contributed by atoms with Crippen LogP contribution in [0.4, 0.5) is 17.6 Å². The predicted molar refractivity (Wildman–Crippen MR) is 77.9 cm³/mol. The molecule has 2 heterocycles. The van der Waals surface area contributed by atoms with Crippen LogP contribution >= 0.6 is 11.6 Å². The number of pyridine rings is 1. The standard InChI is InChI=1S/C15H9ClF4N2O2/c16-12-5-10(6-13(17)21-12)8-1-3-9(4-2-8)11-7-14(23,24-22-11)15(18,19)20/h1-6,23H,7H2. The minimum Gasteiger partial charge on any atom is -0.350 e. The van der Waals surface area contributed by atoms with Crippen LogP contribution in [0.2, 0.25) is 5.15 Å². The third-order valence-electron chi connectivity index (χ3n) is 3.47. The first-order valence-corrected chi connectivity index (χ1v) is 7.04. The Hall–Kier alpha value is -2.19. The predicted octanol–water partition coefficient (Wildman–Crippen LogP) is 3.92. The Balaban J connectivity index is 1.83. The van der Waals surface area contributed by atoms with Gasteiger partial charge in [0.05, 0.1) is 12.1 Å². The van der Waals surface area contributed by atoms with E-state index in [1.165, 1.54) is 24.3 Å². The zero-order chi connectivity index (χ0) is 17.5. The third kappa shape index (κ3) is 3.07. The summed E-state index contributed by atoms with van der Waals surface area (Å²) in [5.41, 5.74) is 1.36. The highest BCUT2D eigenvalue weighted by Crippen LogP contribution is 2.39. The van der Waals surface area contributed by atoms with E-state index in [0.717, 1.165) is 0 Å². The first kappa shape index (κ1) is 16.7. The molecule has 1 aliphatic rings. The summed E-state index contributed by atoms with van der Waals surface area (Å²) in [6.45, 7) is 0. The number of alkyl halides is 3. The fraction of sp³-hybridized carbons (Fsp3) is 0.200. The molecule has 1 aromatic heterocycles. The molecule has 126 valence electrons. The summed E-state index contributed by atoms with van der Waals surface area (Å²) in [4.78, 5) is 7.57. The second-order valence-corrected chi connectivity index (χ2v) is 5.55. The zero-order valence-electron chi connectivity index (χ0n) is 11.8. The van der Waals surface area contributed by atoms with Gasteiger partial charge in [0.2, 0.25) is 5.95 Å². The van der Waals surface area contributed by atoms with E-state index in [0.29, 0.717) is 16.7 Å². The van der Waals surface area contributed by atoms with Crippen molar-refractivity contribution in [2.45, 2.75) is 18.4 Å². The molecule has 4 nitrogen and oxygen atoms in total. The van der Waals surface area contributed by atoms with Crippen molar-refractivity contribution in [2.75, 3.05) is 0 Å². The summed E-state index contributed by atoms with van der Waals surface area (Å²) < 4.78 is 51.3. The average molecular weight is 361 g/mol. The van der Waals surface area contributed by atoms with E-state index in [1.807, 2.05) is 0 Å². The number of aliphatic hydroxyl groups is 1. The van der Waals surface area contributed by atoms with Crippen LogP contribution in [0.5, 0.6) is 0 Å². The molecule has 0 saturated carbocycles. The Morgan fingerprint density at radius 1 is 1.08 bits per heavy atom. The first-order valence-electron chi connectivity index (χ1n) is 6.66. The number of rotatable bonds is 2. The van der Waals surface area contributed by atoms with Crippen LogP contribution in [-0.2, 0) is 4.84 Å². The van der Waals surface area contributed by atoms with Gasteiger partial charge in [-0.1, -0.05) is 41.0 Å². The van der Waals surface area contributed by atoms with Gasteiger partial charge in [-0.25, -0.2) is 4.98 Å². The number of aromatic nitrogens is 1. The van der Waals surface area contributed by atoms with Gasteiger partial charge in [-0.05, 0) is 22.8 Å². The van der Waals surface area contributed by atoms with Gasteiger partial charge in [-0.15, -0.1) is 0 Å². The minimum atomic E-state index is -4.95. The van der Waals surface area contributed by atoms with Gasteiger partial charge in [0.1, 0.15) is 5.15 Å². The van der Waals surface area contributed by atoms with E-state index in [4.69, 9.17) is 11.6 Å². The highest BCUT2D eigenvalue weighted by Gasteiger charge is 2.60. The van der Waals surface area contributed by atoms with Gasteiger partial charge in [-0.3, -0.25) is 0 Å². The molecule has 0 spiro atoms. The van der Waals surface area contributed by atoms with Crippen molar-refractivity contribution in [3.8, 4) is 11.1 Å². The van der Waals surface area contributed by atoms with E-state index in [2.05, 4.69) is 15.0 Å². The van der Waals surface area contributed by atoms with E-state index in [1.54, 1.807) is 12.1 Å². The molecule has 0 saturated heterocycles. The molecule has 9 heteroatoms. The van der Waals surface area contributed by atoms with E-state index in [-0.39, 0.29) is 10.9 Å². The maximum absolute atomic E-state index is 13.3. The lowest BCUT2D eigenvalue weighted by molar-refractivity contribution is -0.355. The lowest BCUT2D eigenvalue weighted by atomic mass is 9.99. The Bertz CT molecular complexity index is 788. The quantitative estimate of drug-likeness (QED) is 0.652. The fourth-order valence-corrected chi connectivity index (χ4v) is 2.41. The third-order valence-corrected chi connectivity index (χ3v) is 3.66. The summed E-state index contributed by atoms with van der Waals surface area (Å²) in [6, 6.07) is 8.75. The molecule has 1 aromatic carbocycles. The molecule has 1 aliphatic heterocycles. The SMILES string of the molecule is OC1(C(F)(F)F)CC(c2ccc(-c3cc(F)nc(Cl)c3)cc2)=NO1. The molecule has 1 N–H and O–H groups in total. The monoisotopic (exact) mass is 360 g/mol. The minimum absolute atomic E-state index is 0.0158. The van der Waals surface area contributed by atoms with Crippen molar-refractivity contribution in [2.24, 2.45) is 5.16 Å². The summed E-state index contributed by atoms with van der Waals surface area (Å²) in [5.74, 6) is -4.06. The highest BCUT2D eigenvalue weighted by atomic mass is 35.5. The fourth-order valence-electron chi connectivity index (χ4n) is 2.22. The topological polar surface area (TPSA) is 54.7 Å². The number of hydrogen-bond donors (Lipinski definition) is 1. The summed E-state index contributed by atoms with van der Waals surface area (Å²) in [5, 5.41) is 12.7. The molecule has 0 radical (unpaired) electrons. The zero-order valence-corrected chi connectivity index (χ0v) is 12.6. The summed E-state index contributed by atoms with van der Waals surface area (Å²) in [6.07, 6.45) is -5.77. The van der Waals surface area contributed by atoms with E-state index in [9.17, 15) is 22.7 Å². The second-order valence-electron chi connectivity index (χ2n) is 5.17. The number of oxime groups is 1. The second kappa shape index (κ2) is 5.71. The van der Waals surface area contributed by atoms with Gasteiger partial charge in [0.25, 0.3) is 0 Å². The molecule has 0 amide bonds. The van der Waals surface area contributed by atoms with Crippen LogP contribution in [0.1, 0.15) is 12.0 Å². The van der Waals surface area contributed by atoms with Gasteiger partial charge in [0.15, 0.2) is 0 Å². The number of benzene rings is 1. The molecule has 0 aliphatic carbocycles. The summed E-state index contributed by atoms with van der Waals surface area (Å²) in [7, 11) is 0. The van der Waals surface area contributed by atoms with Crippen molar-refractivity contribution in [3.05, 3.63) is 53.1 Å². The van der Waals surface area contributed by atoms with Crippen LogP contribution in [0, 0.1) is 5.95 Å². The Kier molecular flexibility index (Phi) is 3.97. The smallest absolute Gasteiger partial charge is 0.350 e. The average Bonchev–Trinajstić information content (AvgIpc) is 2.90. The molecular formula is C15H9ClF4N2O2. The lowest BCUT2D eigenvalue weighted by Gasteiger charge is -2.22. The van der Waals surface area contributed by atoms with Crippen molar-refractivity contribution < 1.29 is 27.5 Å². The van der Waals surface area contributed by atoms with Gasteiger partial charge < -0.3 is 9.94 Å². The Morgan fingerprint density at radius 2 is 1.71 bits per heavy atom. The molecule has 1 unspecified atom stereocenters. The normalized spacial score (nSPS) is 20.7. The maximum Gasteiger partial charge on any atom is 0.458 e. The Morgan fingerprint density at radius 3 is 2.25 bits per heavy atom. The van der Waals surface area contributed by atoms with Crippen molar-refractivity contribution >= 4 is 17.3 Å². The summed E-state index contributed by atoms with van der Waals surface area (Å²) >= 11 is 5.69. The first-order chi connectivity index (χ1) is 11.2.